The summed E-state index contributed by atoms with van der Waals surface area (Å²) in [6.07, 6.45) is 3.36. The fourth-order valence-corrected chi connectivity index (χ4v) is 3.87. The van der Waals surface area contributed by atoms with Crippen LogP contribution in [-0.4, -0.2) is 47.1 Å². The van der Waals surface area contributed by atoms with Crippen molar-refractivity contribution in [3.05, 3.63) is 72.1 Å². The number of nitrogens with zero attached hydrogens (tertiary/aromatic N) is 4. The van der Waals surface area contributed by atoms with E-state index in [2.05, 4.69) is 86.3 Å². The Labute approximate surface area is 166 Å². The van der Waals surface area contributed by atoms with Gasteiger partial charge in [0.1, 0.15) is 5.82 Å². The molecule has 3 aromatic rings. The zero-order valence-corrected chi connectivity index (χ0v) is 16.6. The van der Waals surface area contributed by atoms with Crippen molar-refractivity contribution in [3.8, 4) is 0 Å². The Hall–Kier alpha value is -3.08. The molecule has 0 saturated carbocycles. The number of nitrogens with one attached hydrogen (secondary N) is 1. The molecule has 144 valence electrons. The van der Waals surface area contributed by atoms with Gasteiger partial charge in [-0.25, -0.2) is 4.98 Å². The molecule has 0 aliphatic carbocycles. The Morgan fingerprint density at radius 2 is 1.89 bits per heavy atom. The number of benzene rings is 2. The van der Waals surface area contributed by atoms with Gasteiger partial charge in [-0.15, -0.1) is 0 Å². The number of aliphatic imine (C=N–C) groups is 1. The van der Waals surface area contributed by atoms with Crippen LogP contribution in [0.15, 0.2) is 65.7 Å². The SMILES string of the molecule is CN=C(NCCn1c(C)nc2ccccc21)N1CC=C(c2ccccc2)CC1. The lowest BCUT2D eigenvalue weighted by atomic mass is 10.00. The second-order valence-corrected chi connectivity index (χ2v) is 7.06. The maximum absolute atomic E-state index is 4.64. The molecule has 2 heterocycles. The molecular weight excluding hydrogens is 346 g/mol. The largest absolute Gasteiger partial charge is 0.354 e. The number of hydrogen-bond donors (Lipinski definition) is 1. The Morgan fingerprint density at radius 1 is 1.11 bits per heavy atom. The van der Waals surface area contributed by atoms with E-state index in [1.807, 2.05) is 13.1 Å². The fourth-order valence-electron chi connectivity index (χ4n) is 3.87. The molecule has 1 aliphatic heterocycles. The van der Waals surface area contributed by atoms with E-state index >= 15 is 0 Å². The summed E-state index contributed by atoms with van der Waals surface area (Å²) in [6.45, 7) is 5.61. The predicted molar refractivity (Wildman–Crippen MR) is 116 cm³/mol. The van der Waals surface area contributed by atoms with Crippen LogP contribution in [0, 0.1) is 6.92 Å². The lowest BCUT2D eigenvalue weighted by Crippen LogP contribution is -2.44. The molecule has 5 nitrogen and oxygen atoms in total. The van der Waals surface area contributed by atoms with Crippen LogP contribution in [0.5, 0.6) is 0 Å². The van der Waals surface area contributed by atoms with Gasteiger partial charge in [0.25, 0.3) is 0 Å². The predicted octanol–water partition coefficient (Wildman–Crippen LogP) is 3.71. The standard InChI is InChI=1S/C23H27N5/c1-18-26-21-10-6-7-11-22(21)28(18)17-14-25-23(24-2)27-15-12-20(13-16-27)19-8-4-3-5-9-19/h3-12H,13-17H2,1-2H3,(H,24,25). The average Bonchev–Trinajstić information content (AvgIpc) is 3.07. The number of para-hydroxylation sites is 2. The number of imidazole rings is 1. The fraction of sp³-hybridized carbons (Fsp3) is 0.304. The molecule has 0 spiro atoms. The van der Waals surface area contributed by atoms with Gasteiger partial charge >= 0.3 is 0 Å². The summed E-state index contributed by atoms with van der Waals surface area (Å²) in [5.41, 5.74) is 4.99. The van der Waals surface area contributed by atoms with Crippen molar-refractivity contribution in [1.82, 2.24) is 19.8 Å². The van der Waals surface area contributed by atoms with Crippen molar-refractivity contribution >= 4 is 22.6 Å². The smallest absolute Gasteiger partial charge is 0.194 e. The highest BCUT2D eigenvalue weighted by molar-refractivity contribution is 5.81. The number of fused-ring (bicyclic) bond motifs is 1. The highest BCUT2D eigenvalue weighted by atomic mass is 15.3. The van der Waals surface area contributed by atoms with Crippen LogP contribution in [-0.2, 0) is 6.54 Å². The van der Waals surface area contributed by atoms with E-state index in [1.165, 1.54) is 16.7 Å². The summed E-state index contributed by atoms with van der Waals surface area (Å²) in [7, 11) is 1.86. The van der Waals surface area contributed by atoms with E-state index in [0.717, 1.165) is 49.9 Å². The third-order valence-electron chi connectivity index (χ3n) is 5.33. The number of guanidine groups is 1. The summed E-state index contributed by atoms with van der Waals surface area (Å²) in [5.74, 6) is 2.01. The lowest BCUT2D eigenvalue weighted by Gasteiger charge is -2.30. The van der Waals surface area contributed by atoms with E-state index in [-0.39, 0.29) is 0 Å². The van der Waals surface area contributed by atoms with Gasteiger partial charge in [-0.05, 0) is 36.6 Å². The van der Waals surface area contributed by atoms with Gasteiger partial charge in [0.2, 0.25) is 0 Å². The molecule has 1 N–H and O–H groups in total. The molecule has 4 rings (SSSR count). The number of aryl methyl sites for hydroxylation is 1. The van der Waals surface area contributed by atoms with Gasteiger partial charge in [0, 0.05) is 33.2 Å². The highest BCUT2D eigenvalue weighted by Gasteiger charge is 2.16. The van der Waals surface area contributed by atoms with Crippen molar-refractivity contribution in [2.75, 3.05) is 26.7 Å². The molecule has 5 heteroatoms. The van der Waals surface area contributed by atoms with E-state index < -0.39 is 0 Å². The molecule has 0 saturated heterocycles. The summed E-state index contributed by atoms with van der Waals surface area (Å²) in [5, 5.41) is 3.52. The topological polar surface area (TPSA) is 45.5 Å². The molecular formula is C23H27N5. The molecule has 28 heavy (non-hydrogen) atoms. The van der Waals surface area contributed by atoms with Gasteiger partial charge in [-0.2, -0.15) is 0 Å². The van der Waals surface area contributed by atoms with Crippen molar-refractivity contribution < 1.29 is 0 Å². The van der Waals surface area contributed by atoms with Gasteiger partial charge in [0.15, 0.2) is 5.96 Å². The van der Waals surface area contributed by atoms with Crippen LogP contribution in [0.25, 0.3) is 16.6 Å². The lowest BCUT2D eigenvalue weighted by molar-refractivity contribution is 0.438. The van der Waals surface area contributed by atoms with E-state index in [0.29, 0.717) is 0 Å². The maximum atomic E-state index is 4.64. The number of aromatic nitrogens is 2. The van der Waals surface area contributed by atoms with Gasteiger partial charge in [-0.1, -0.05) is 48.5 Å². The first-order valence-electron chi connectivity index (χ1n) is 9.88. The first-order valence-corrected chi connectivity index (χ1v) is 9.88. The van der Waals surface area contributed by atoms with Crippen molar-refractivity contribution in [2.24, 2.45) is 4.99 Å². The monoisotopic (exact) mass is 373 g/mol. The molecule has 0 radical (unpaired) electrons. The van der Waals surface area contributed by atoms with E-state index in [4.69, 9.17) is 0 Å². The molecule has 2 aromatic carbocycles. The van der Waals surface area contributed by atoms with Gasteiger partial charge in [0.05, 0.1) is 11.0 Å². The molecule has 0 atom stereocenters. The highest BCUT2D eigenvalue weighted by Crippen LogP contribution is 2.22. The molecule has 0 fully saturated rings. The first-order chi connectivity index (χ1) is 13.8. The Balaban J connectivity index is 1.37. The summed E-state index contributed by atoms with van der Waals surface area (Å²) in [6, 6.07) is 18.9. The minimum absolute atomic E-state index is 0.819. The Bertz CT molecular complexity index is 1000. The van der Waals surface area contributed by atoms with Crippen molar-refractivity contribution in [1.29, 1.82) is 0 Å². The maximum Gasteiger partial charge on any atom is 0.194 e. The Morgan fingerprint density at radius 3 is 2.64 bits per heavy atom. The molecule has 1 aliphatic rings. The van der Waals surface area contributed by atoms with Crippen molar-refractivity contribution in [3.63, 3.8) is 0 Å². The molecule has 0 unspecified atom stereocenters. The quantitative estimate of drug-likeness (QED) is 0.560. The third kappa shape index (κ3) is 3.79. The van der Waals surface area contributed by atoms with Gasteiger partial charge < -0.3 is 14.8 Å². The zero-order chi connectivity index (χ0) is 19.3. The summed E-state index contributed by atoms with van der Waals surface area (Å²) in [4.78, 5) is 11.4. The third-order valence-corrected chi connectivity index (χ3v) is 5.33. The molecule has 0 amide bonds. The second kappa shape index (κ2) is 8.30. The minimum atomic E-state index is 0.819. The number of rotatable bonds is 4. The van der Waals surface area contributed by atoms with Gasteiger partial charge in [-0.3, -0.25) is 4.99 Å². The first kappa shape index (κ1) is 18.3. The van der Waals surface area contributed by atoms with Crippen LogP contribution < -0.4 is 5.32 Å². The minimum Gasteiger partial charge on any atom is -0.354 e. The number of hydrogen-bond acceptors (Lipinski definition) is 2. The molecule has 1 aromatic heterocycles. The van der Waals surface area contributed by atoms with E-state index in [9.17, 15) is 0 Å². The summed E-state index contributed by atoms with van der Waals surface area (Å²) < 4.78 is 2.26. The molecule has 0 bridgehead atoms. The second-order valence-electron chi connectivity index (χ2n) is 7.06. The van der Waals surface area contributed by atoms with Crippen LogP contribution in [0.4, 0.5) is 0 Å². The van der Waals surface area contributed by atoms with Crippen LogP contribution in [0.1, 0.15) is 17.8 Å². The zero-order valence-electron chi connectivity index (χ0n) is 16.6. The van der Waals surface area contributed by atoms with Crippen LogP contribution in [0.3, 0.4) is 0 Å². The van der Waals surface area contributed by atoms with Crippen LogP contribution >= 0.6 is 0 Å². The Kier molecular flexibility index (Phi) is 5.42. The van der Waals surface area contributed by atoms with Crippen molar-refractivity contribution in [2.45, 2.75) is 19.9 Å². The summed E-state index contributed by atoms with van der Waals surface area (Å²) >= 11 is 0. The normalized spacial score (nSPS) is 15.0. The van der Waals surface area contributed by atoms with E-state index in [1.54, 1.807) is 0 Å². The average molecular weight is 374 g/mol. The van der Waals surface area contributed by atoms with Crippen LogP contribution in [0.2, 0.25) is 0 Å².